The molecule has 1 atom stereocenters. The van der Waals surface area contributed by atoms with E-state index in [0.717, 1.165) is 11.6 Å². The summed E-state index contributed by atoms with van der Waals surface area (Å²) < 4.78 is 32.7. The number of ether oxygens (including phenoxy) is 1. The van der Waals surface area contributed by atoms with Crippen molar-refractivity contribution < 1.29 is 22.7 Å². The van der Waals surface area contributed by atoms with Crippen LogP contribution in [0, 0.1) is 0 Å². The molecule has 3 rings (SSSR count). The Hall–Kier alpha value is -3.17. The van der Waals surface area contributed by atoms with Crippen molar-refractivity contribution in [1.29, 1.82) is 0 Å². The van der Waals surface area contributed by atoms with Crippen molar-refractivity contribution in [2.24, 2.45) is 0 Å². The van der Waals surface area contributed by atoms with Crippen LogP contribution in [0.4, 0.5) is 10.5 Å². The smallest absolute Gasteiger partial charge is 0.410 e. The Kier molecular flexibility index (Phi) is 7.09. The van der Waals surface area contributed by atoms with Gasteiger partial charge in [-0.3, -0.25) is 4.79 Å². The lowest BCUT2D eigenvalue weighted by Crippen LogP contribution is -2.55. The number of carbonyl (C=O) groups is 2. The van der Waals surface area contributed by atoms with Gasteiger partial charge in [0.15, 0.2) is 0 Å². The van der Waals surface area contributed by atoms with Crippen LogP contribution in [0.25, 0.3) is 0 Å². The van der Waals surface area contributed by atoms with Crippen molar-refractivity contribution in [3.63, 3.8) is 0 Å². The van der Waals surface area contributed by atoms with Crippen molar-refractivity contribution >= 4 is 27.7 Å². The lowest BCUT2D eigenvalue weighted by molar-refractivity contribution is -0.111. The normalized spacial score (nSPS) is 17.1. The fourth-order valence-corrected chi connectivity index (χ4v) is 4.78. The summed E-state index contributed by atoms with van der Waals surface area (Å²) in [6.07, 6.45) is 0.673. The van der Waals surface area contributed by atoms with Crippen molar-refractivity contribution in [3.05, 3.63) is 72.8 Å². The summed E-state index contributed by atoms with van der Waals surface area (Å²) in [5.74, 6) is -0.375. The van der Waals surface area contributed by atoms with Gasteiger partial charge < -0.3 is 15.0 Å². The maximum Gasteiger partial charge on any atom is 0.410 e. The van der Waals surface area contributed by atoms with Gasteiger partial charge in [0.05, 0.1) is 4.90 Å². The fourth-order valence-electron chi connectivity index (χ4n) is 3.27. The number of sulfonamides is 1. The molecule has 1 N–H and O–H groups in total. The Morgan fingerprint density at radius 3 is 2.42 bits per heavy atom. The van der Waals surface area contributed by atoms with E-state index in [1.165, 1.54) is 28.6 Å². The zero-order valence-corrected chi connectivity index (χ0v) is 18.0. The van der Waals surface area contributed by atoms with Gasteiger partial charge in [-0.15, -0.1) is 0 Å². The molecule has 0 aromatic heterocycles. The molecule has 1 saturated heterocycles. The number of carbonyl (C=O) groups excluding carboxylic acids is 2. The molecule has 1 aliphatic heterocycles. The molecule has 2 aromatic carbocycles. The van der Waals surface area contributed by atoms with E-state index in [-0.39, 0.29) is 43.1 Å². The van der Waals surface area contributed by atoms with Gasteiger partial charge in [-0.25, -0.2) is 13.2 Å². The topological polar surface area (TPSA) is 96.0 Å². The predicted octanol–water partition coefficient (Wildman–Crippen LogP) is 2.84. The van der Waals surface area contributed by atoms with Crippen molar-refractivity contribution in [2.75, 3.05) is 25.0 Å². The quantitative estimate of drug-likeness (QED) is 0.693. The summed E-state index contributed by atoms with van der Waals surface area (Å²) in [5.41, 5.74) is 1.36. The summed E-state index contributed by atoms with van der Waals surface area (Å²) >= 11 is 0. The van der Waals surface area contributed by atoms with Crippen LogP contribution < -0.4 is 5.32 Å². The first kappa shape index (κ1) is 22.5. The second kappa shape index (κ2) is 9.76. The lowest BCUT2D eigenvalue weighted by atomic mass is 10.2. The van der Waals surface area contributed by atoms with E-state index in [2.05, 4.69) is 11.9 Å². The van der Waals surface area contributed by atoms with E-state index < -0.39 is 16.1 Å². The zero-order valence-electron chi connectivity index (χ0n) is 17.2. The third-order valence-corrected chi connectivity index (χ3v) is 6.85. The SMILES string of the molecule is C=CC(=O)Nc1ccc(S(=O)(=O)N2CCN(C(=O)OCc3ccccc3)[C@@H](C)C2)cc1. The van der Waals surface area contributed by atoms with Crippen LogP contribution in [0.5, 0.6) is 0 Å². The van der Waals surface area contributed by atoms with Crippen LogP contribution >= 0.6 is 0 Å². The Morgan fingerprint density at radius 2 is 1.81 bits per heavy atom. The van der Waals surface area contributed by atoms with E-state index in [1.54, 1.807) is 11.8 Å². The third kappa shape index (κ3) is 5.50. The van der Waals surface area contributed by atoms with Gasteiger partial charge in [0.25, 0.3) is 0 Å². The molecule has 0 aliphatic carbocycles. The minimum absolute atomic E-state index is 0.122. The molecule has 1 heterocycles. The van der Waals surface area contributed by atoms with E-state index >= 15 is 0 Å². The van der Waals surface area contributed by atoms with Crippen LogP contribution in [0.15, 0.2) is 72.1 Å². The van der Waals surface area contributed by atoms with Gasteiger partial charge in [-0.2, -0.15) is 4.31 Å². The maximum absolute atomic E-state index is 13.0. The van der Waals surface area contributed by atoms with Crippen molar-refractivity contribution in [2.45, 2.75) is 24.5 Å². The van der Waals surface area contributed by atoms with Gasteiger partial charge in [0.1, 0.15) is 6.61 Å². The van der Waals surface area contributed by atoms with Crippen LogP contribution in [0.3, 0.4) is 0 Å². The molecule has 0 unspecified atom stereocenters. The highest BCUT2D eigenvalue weighted by Gasteiger charge is 2.34. The molecule has 1 fully saturated rings. The number of nitrogens with one attached hydrogen (secondary N) is 1. The maximum atomic E-state index is 13.0. The number of hydrogen-bond donors (Lipinski definition) is 1. The number of nitrogens with zero attached hydrogens (tertiary/aromatic N) is 2. The molecule has 1 aliphatic rings. The number of hydrogen-bond acceptors (Lipinski definition) is 5. The lowest BCUT2D eigenvalue weighted by Gasteiger charge is -2.38. The predicted molar refractivity (Wildman–Crippen MR) is 117 cm³/mol. The Morgan fingerprint density at radius 1 is 1.13 bits per heavy atom. The molecular weight excluding hydrogens is 418 g/mol. The largest absolute Gasteiger partial charge is 0.445 e. The Bertz CT molecular complexity index is 1040. The highest BCUT2D eigenvalue weighted by atomic mass is 32.2. The van der Waals surface area contributed by atoms with E-state index in [1.807, 2.05) is 30.3 Å². The molecule has 2 amide bonds. The standard InChI is InChI=1S/C22H25N3O5S/c1-3-21(26)23-19-9-11-20(12-10-19)31(28,29)24-13-14-25(17(2)15-24)22(27)30-16-18-7-5-4-6-8-18/h3-12,17H,1,13-16H2,2H3,(H,23,26)/t17-/m0/s1. The average molecular weight is 444 g/mol. The van der Waals surface area contributed by atoms with Crippen molar-refractivity contribution in [3.8, 4) is 0 Å². The van der Waals surface area contributed by atoms with Crippen molar-refractivity contribution in [1.82, 2.24) is 9.21 Å². The first-order valence-electron chi connectivity index (χ1n) is 9.82. The minimum atomic E-state index is -3.73. The molecule has 0 spiro atoms. The first-order chi connectivity index (χ1) is 14.8. The highest BCUT2D eigenvalue weighted by Crippen LogP contribution is 2.22. The molecule has 8 nitrogen and oxygen atoms in total. The van der Waals surface area contributed by atoms with E-state index in [9.17, 15) is 18.0 Å². The summed E-state index contributed by atoms with van der Waals surface area (Å²) in [7, 11) is -3.73. The monoisotopic (exact) mass is 443 g/mol. The van der Waals surface area contributed by atoms with Gasteiger partial charge >= 0.3 is 6.09 Å². The number of piperazine rings is 1. The number of benzene rings is 2. The molecule has 0 bridgehead atoms. The fraction of sp³-hybridized carbons (Fsp3) is 0.273. The number of rotatable bonds is 6. The second-order valence-electron chi connectivity index (χ2n) is 7.16. The zero-order chi connectivity index (χ0) is 22.4. The molecule has 0 radical (unpaired) electrons. The molecule has 0 saturated carbocycles. The second-order valence-corrected chi connectivity index (χ2v) is 9.10. The van der Waals surface area contributed by atoms with Crippen LogP contribution in [0.2, 0.25) is 0 Å². The Labute approximate surface area is 182 Å². The summed E-state index contributed by atoms with van der Waals surface area (Å²) in [5, 5.41) is 2.58. The van der Waals surface area contributed by atoms with Gasteiger partial charge in [0, 0.05) is 31.4 Å². The van der Waals surface area contributed by atoms with Gasteiger partial charge in [-0.1, -0.05) is 36.9 Å². The summed E-state index contributed by atoms with van der Waals surface area (Å²) in [6.45, 7) is 5.90. The van der Waals surface area contributed by atoms with E-state index in [0.29, 0.717) is 5.69 Å². The summed E-state index contributed by atoms with van der Waals surface area (Å²) in [6, 6.07) is 15.0. The van der Waals surface area contributed by atoms with Crippen LogP contribution in [-0.4, -0.2) is 55.3 Å². The van der Waals surface area contributed by atoms with Gasteiger partial charge in [-0.05, 0) is 42.8 Å². The highest BCUT2D eigenvalue weighted by molar-refractivity contribution is 7.89. The summed E-state index contributed by atoms with van der Waals surface area (Å²) in [4.78, 5) is 25.5. The first-order valence-corrected chi connectivity index (χ1v) is 11.3. The molecule has 31 heavy (non-hydrogen) atoms. The van der Waals surface area contributed by atoms with Gasteiger partial charge in [0.2, 0.25) is 15.9 Å². The van der Waals surface area contributed by atoms with E-state index in [4.69, 9.17) is 4.74 Å². The molecular formula is C22H25N3O5S. The molecule has 164 valence electrons. The van der Waals surface area contributed by atoms with Crippen LogP contribution in [0.1, 0.15) is 12.5 Å². The Balaban J connectivity index is 1.60. The molecule has 9 heteroatoms. The average Bonchev–Trinajstić information content (AvgIpc) is 2.78. The number of anilines is 1. The third-order valence-electron chi connectivity index (χ3n) is 4.97. The minimum Gasteiger partial charge on any atom is -0.445 e. The number of amides is 2. The molecule has 2 aromatic rings. The van der Waals surface area contributed by atoms with Crippen LogP contribution in [-0.2, 0) is 26.2 Å².